The molecule has 0 radical (unpaired) electrons. The van der Waals surface area contributed by atoms with Crippen molar-refractivity contribution in [2.45, 2.75) is 76.9 Å². The minimum absolute atomic E-state index is 0.0107. The molecule has 0 bridgehead atoms. The smallest absolute Gasteiger partial charge is 0.391 e. The maximum absolute atomic E-state index is 13.2. The number of likely N-dealkylation sites (tertiary alicyclic amines) is 1. The lowest BCUT2D eigenvalue weighted by Gasteiger charge is -2.53. The Bertz CT molecular complexity index is 1190. The van der Waals surface area contributed by atoms with Gasteiger partial charge in [0.05, 0.1) is 34.7 Å². The summed E-state index contributed by atoms with van der Waals surface area (Å²) < 4.78 is 39.6. The van der Waals surface area contributed by atoms with Gasteiger partial charge in [-0.1, -0.05) is 6.07 Å². The Morgan fingerprint density at radius 3 is 2.34 bits per heavy atom. The van der Waals surface area contributed by atoms with Gasteiger partial charge in [-0.15, -0.1) is 0 Å². The molecule has 2 fully saturated rings. The van der Waals surface area contributed by atoms with Crippen molar-refractivity contribution in [3.63, 3.8) is 0 Å². The molecule has 5 rings (SSSR count). The third-order valence-corrected chi connectivity index (χ3v) is 8.95. The van der Waals surface area contributed by atoms with Crippen molar-refractivity contribution in [3.05, 3.63) is 58.2 Å². The number of nitrogens with zero attached hydrogens (tertiary/aromatic N) is 5. The van der Waals surface area contributed by atoms with E-state index in [-0.39, 0.29) is 30.0 Å². The number of hydrogen-bond donors (Lipinski definition) is 1. The molecule has 10 heteroatoms. The molecule has 2 saturated heterocycles. The van der Waals surface area contributed by atoms with E-state index in [0.717, 1.165) is 44.1 Å². The number of amides is 1. The van der Waals surface area contributed by atoms with E-state index in [1.807, 2.05) is 18.7 Å². The molecule has 7 nitrogen and oxygen atoms in total. The van der Waals surface area contributed by atoms with Gasteiger partial charge in [0.1, 0.15) is 6.33 Å². The molecule has 3 heterocycles. The van der Waals surface area contributed by atoms with E-state index in [9.17, 15) is 23.1 Å². The highest BCUT2D eigenvalue weighted by atomic mass is 19.4. The number of rotatable bonds is 3. The SMILES string of the molecule is Cc1ncnc(C)c1C(=O)N1CCC(C)(N2CCN([C@H]3c4ccc(C(F)(F)F)cc4C[C@@H]3O)[C@@H](C)C2)CC1. The maximum Gasteiger partial charge on any atom is 0.416 e. The van der Waals surface area contributed by atoms with Gasteiger partial charge in [0.2, 0.25) is 0 Å². The number of alkyl halides is 3. The third kappa shape index (κ3) is 4.82. The summed E-state index contributed by atoms with van der Waals surface area (Å²) >= 11 is 0. The quantitative estimate of drug-likeness (QED) is 0.650. The van der Waals surface area contributed by atoms with Crippen LogP contribution in [0.3, 0.4) is 0 Å². The number of piperidine rings is 1. The molecule has 0 saturated carbocycles. The standard InChI is InChI=1S/C28H36F3N5O2/c1-17-15-35(27(4)7-9-34(10-8-27)26(38)24-18(2)32-16-33-19(24)3)11-12-36(17)25-22-6-5-21(28(29,30)31)13-20(22)14-23(25)37/h5-6,13,16-17,23,25,37H,7-12,14-15H2,1-4H3/t17-,23-,25-/m0/s1. The van der Waals surface area contributed by atoms with Crippen LogP contribution in [0, 0.1) is 13.8 Å². The van der Waals surface area contributed by atoms with E-state index in [1.165, 1.54) is 12.4 Å². The topological polar surface area (TPSA) is 72.8 Å². The monoisotopic (exact) mass is 531 g/mol. The number of halogens is 3. The van der Waals surface area contributed by atoms with Gasteiger partial charge in [0.25, 0.3) is 5.91 Å². The van der Waals surface area contributed by atoms with Crippen LogP contribution in [0.25, 0.3) is 0 Å². The fraction of sp³-hybridized carbons (Fsp3) is 0.607. The van der Waals surface area contributed by atoms with E-state index >= 15 is 0 Å². The highest BCUT2D eigenvalue weighted by Gasteiger charge is 2.44. The molecule has 0 unspecified atom stereocenters. The van der Waals surface area contributed by atoms with Crippen molar-refractivity contribution in [1.82, 2.24) is 24.7 Å². The number of benzene rings is 1. The number of fused-ring (bicyclic) bond motifs is 1. The molecule has 206 valence electrons. The van der Waals surface area contributed by atoms with E-state index in [1.54, 1.807) is 6.07 Å². The molecule has 1 amide bonds. The highest BCUT2D eigenvalue weighted by Crippen LogP contribution is 2.42. The first-order chi connectivity index (χ1) is 17.9. The molecule has 0 spiro atoms. The molecular formula is C28H36F3N5O2. The first-order valence-corrected chi connectivity index (χ1v) is 13.4. The Labute approximate surface area is 221 Å². The van der Waals surface area contributed by atoms with Gasteiger partial charge in [-0.3, -0.25) is 14.6 Å². The van der Waals surface area contributed by atoms with Crippen LogP contribution < -0.4 is 0 Å². The summed E-state index contributed by atoms with van der Waals surface area (Å²) in [4.78, 5) is 28.3. The molecule has 1 aromatic heterocycles. The van der Waals surface area contributed by atoms with Crippen LogP contribution in [0.5, 0.6) is 0 Å². The summed E-state index contributed by atoms with van der Waals surface area (Å²) in [5.41, 5.74) is 2.67. The predicted octanol–water partition coefficient (Wildman–Crippen LogP) is 3.77. The van der Waals surface area contributed by atoms with Gasteiger partial charge in [-0.25, -0.2) is 9.97 Å². The lowest BCUT2D eigenvalue weighted by molar-refractivity contribution is -0.137. The fourth-order valence-corrected chi connectivity index (χ4v) is 6.63. The molecule has 38 heavy (non-hydrogen) atoms. The van der Waals surface area contributed by atoms with Gasteiger partial charge in [0, 0.05) is 50.7 Å². The van der Waals surface area contributed by atoms with Gasteiger partial charge in [-0.05, 0) is 63.8 Å². The number of carbonyl (C=O) groups excluding carboxylic acids is 1. The highest BCUT2D eigenvalue weighted by molar-refractivity contribution is 5.96. The summed E-state index contributed by atoms with van der Waals surface area (Å²) in [5, 5.41) is 10.9. The van der Waals surface area contributed by atoms with Crippen molar-refractivity contribution in [2.75, 3.05) is 32.7 Å². The van der Waals surface area contributed by atoms with Gasteiger partial charge < -0.3 is 10.0 Å². The average Bonchev–Trinajstić information content (AvgIpc) is 3.18. The summed E-state index contributed by atoms with van der Waals surface area (Å²) in [7, 11) is 0. The Kier molecular flexibility index (Phi) is 7.02. The van der Waals surface area contributed by atoms with Gasteiger partial charge >= 0.3 is 6.18 Å². The van der Waals surface area contributed by atoms with E-state index in [2.05, 4.69) is 33.6 Å². The number of piperazine rings is 1. The summed E-state index contributed by atoms with van der Waals surface area (Å²) in [6, 6.07) is 3.70. The van der Waals surface area contributed by atoms with Gasteiger partial charge in [-0.2, -0.15) is 13.2 Å². The molecule has 2 aliphatic heterocycles. The molecule has 2 aromatic rings. The van der Waals surface area contributed by atoms with E-state index in [4.69, 9.17) is 0 Å². The van der Waals surface area contributed by atoms with Crippen LogP contribution in [0.15, 0.2) is 24.5 Å². The minimum atomic E-state index is -4.39. The van der Waals surface area contributed by atoms with Crippen molar-refractivity contribution < 1.29 is 23.1 Å². The number of aliphatic hydroxyl groups is 1. The second-order valence-corrected chi connectivity index (χ2v) is 11.4. The first-order valence-electron chi connectivity index (χ1n) is 13.4. The Hall–Kier alpha value is -2.56. The largest absolute Gasteiger partial charge is 0.416 e. The summed E-state index contributed by atoms with van der Waals surface area (Å²) in [6.45, 7) is 11.7. The van der Waals surface area contributed by atoms with Crippen LogP contribution in [0.2, 0.25) is 0 Å². The zero-order valence-corrected chi connectivity index (χ0v) is 22.4. The van der Waals surface area contributed by atoms with E-state index in [0.29, 0.717) is 35.6 Å². The Morgan fingerprint density at radius 1 is 1.08 bits per heavy atom. The molecule has 3 aliphatic rings. The van der Waals surface area contributed by atoms with Crippen LogP contribution in [0.4, 0.5) is 13.2 Å². The van der Waals surface area contributed by atoms with Crippen LogP contribution >= 0.6 is 0 Å². The maximum atomic E-state index is 13.2. The lowest BCUT2D eigenvalue weighted by atomic mass is 9.86. The van der Waals surface area contributed by atoms with Crippen molar-refractivity contribution >= 4 is 5.91 Å². The molecule has 1 aromatic carbocycles. The van der Waals surface area contributed by atoms with Crippen LogP contribution in [-0.2, 0) is 12.6 Å². The van der Waals surface area contributed by atoms with Crippen LogP contribution in [0.1, 0.15) is 71.2 Å². The molecule has 1 aliphatic carbocycles. The summed E-state index contributed by atoms with van der Waals surface area (Å²) in [5.74, 6) is -0.0107. The minimum Gasteiger partial charge on any atom is -0.391 e. The molecular weight excluding hydrogens is 495 g/mol. The van der Waals surface area contributed by atoms with Gasteiger partial charge in [0.15, 0.2) is 0 Å². The van der Waals surface area contributed by atoms with Crippen molar-refractivity contribution in [2.24, 2.45) is 0 Å². The van der Waals surface area contributed by atoms with E-state index < -0.39 is 17.8 Å². The normalized spacial score (nSPS) is 26.4. The number of aromatic nitrogens is 2. The van der Waals surface area contributed by atoms with Crippen molar-refractivity contribution in [1.29, 1.82) is 0 Å². The zero-order chi connectivity index (χ0) is 27.4. The Balaban J connectivity index is 1.24. The van der Waals surface area contributed by atoms with Crippen molar-refractivity contribution in [3.8, 4) is 0 Å². The number of aryl methyl sites for hydroxylation is 2. The first kappa shape index (κ1) is 27.0. The second-order valence-electron chi connectivity index (χ2n) is 11.4. The number of aliphatic hydroxyl groups excluding tert-OH is 1. The molecule has 3 atom stereocenters. The fourth-order valence-electron chi connectivity index (χ4n) is 6.63. The molecule has 1 N–H and O–H groups in total. The number of hydrogen-bond acceptors (Lipinski definition) is 6. The lowest BCUT2D eigenvalue weighted by Crippen LogP contribution is -2.62. The second kappa shape index (κ2) is 9.88. The average molecular weight is 532 g/mol. The van der Waals surface area contributed by atoms with Crippen LogP contribution in [-0.4, -0.2) is 86.1 Å². The number of carbonyl (C=O) groups is 1. The zero-order valence-electron chi connectivity index (χ0n) is 22.4. The summed E-state index contributed by atoms with van der Waals surface area (Å²) in [6.07, 6.45) is -1.68. The third-order valence-electron chi connectivity index (χ3n) is 8.95. The predicted molar refractivity (Wildman–Crippen MR) is 137 cm³/mol. The Morgan fingerprint density at radius 2 is 1.74 bits per heavy atom.